The molecule has 126 valence electrons. The second-order valence-electron chi connectivity index (χ2n) is 5.53. The average Bonchev–Trinajstić information content (AvgIpc) is 3.01. The lowest BCUT2D eigenvalue weighted by Crippen LogP contribution is -2.16. The molecule has 1 aromatic heterocycles. The van der Waals surface area contributed by atoms with Gasteiger partial charge in [-0.2, -0.15) is 9.98 Å². The van der Waals surface area contributed by atoms with Gasteiger partial charge in [-0.1, -0.05) is 0 Å². The van der Waals surface area contributed by atoms with Gasteiger partial charge in [-0.05, 0) is 19.9 Å². The van der Waals surface area contributed by atoms with Gasteiger partial charge in [0.1, 0.15) is 11.5 Å². The minimum atomic E-state index is -1.36. The zero-order chi connectivity index (χ0) is 17.3. The van der Waals surface area contributed by atoms with Crippen LogP contribution >= 0.6 is 0 Å². The summed E-state index contributed by atoms with van der Waals surface area (Å²) in [4.78, 5) is 13.2. The fourth-order valence-corrected chi connectivity index (χ4v) is 3.75. The van der Waals surface area contributed by atoms with Gasteiger partial charge in [-0.25, -0.2) is 0 Å². The van der Waals surface area contributed by atoms with Gasteiger partial charge in [0, 0.05) is 41.0 Å². The van der Waals surface area contributed by atoms with Crippen molar-refractivity contribution in [2.24, 2.45) is 9.98 Å². The normalized spacial score (nSPS) is 17.4. The van der Waals surface area contributed by atoms with Gasteiger partial charge in [0.25, 0.3) is 0 Å². The van der Waals surface area contributed by atoms with Crippen molar-refractivity contribution in [2.45, 2.75) is 26.0 Å². The third-order valence-corrected chi connectivity index (χ3v) is 5.10. The number of aryl methyl sites for hydroxylation is 1. The predicted octanol–water partition coefficient (Wildman–Crippen LogP) is 2.58. The molecule has 0 spiro atoms. The third-order valence-electron chi connectivity index (χ3n) is 3.97. The quantitative estimate of drug-likeness (QED) is 0.786. The van der Waals surface area contributed by atoms with Crippen LogP contribution in [0.3, 0.4) is 0 Å². The highest BCUT2D eigenvalue weighted by Crippen LogP contribution is 2.27. The number of rotatable bonds is 4. The average molecular weight is 345 g/mol. The summed E-state index contributed by atoms with van der Waals surface area (Å²) in [7, 11) is 3.24. The number of amidine groups is 1. The maximum absolute atomic E-state index is 12.7. The second kappa shape index (κ2) is 6.78. The summed E-state index contributed by atoms with van der Waals surface area (Å²) in [6.07, 6.45) is 6.11. The fourth-order valence-electron chi connectivity index (χ4n) is 2.67. The van der Waals surface area contributed by atoms with Gasteiger partial charge < -0.3 is 14.0 Å². The maximum Gasteiger partial charge on any atom is 0.344 e. The van der Waals surface area contributed by atoms with E-state index in [1.54, 1.807) is 20.4 Å². The topological polar surface area (TPSA) is 79.1 Å². The molecule has 0 saturated heterocycles. The lowest BCUT2D eigenvalue weighted by Gasteiger charge is -2.13. The molecule has 0 radical (unpaired) electrons. The first-order chi connectivity index (χ1) is 11.5. The van der Waals surface area contributed by atoms with Crippen molar-refractivity contribution in [3.05, 3.63) is 46.6 Å². The number of aromatic nitrogens is 1. The second-order valence-corrected chi connectivity index (χ2v) is 6.88. The summed E-state index contributed by atoms with van der Waals surface area (Å²) in [6, 6.07) is 0. The molecule has 1 aliphatic carbocycles. The van der Waals surface area contributed by atoms with Crippen LogP contribution in [0.15, 0.2) is 39.8 Å². The molecule has 0 aromatic carbocycles. The smallest absolute Gasteiger partial charge is 0.344 e. The molecule has 0 fully saturated rings. The first-order valence-corrected chi connectivity index (χ1v) is 8.85. The SMILES string of the molecule is COC1=CCC2=NC([S+]([O-])Cc3ncc(C)c(OC)c3C)=NC2=C1. The zero-order valence-corrected chi connectivity index (χ0v) is 14.9. The van der Waals surface area contributed by atoms with Gasteiger partial charge in [-0.15, -0.1) is 0 Å². The van der Waals surface area contributed by atoms with E-state index in [0.29, 0.717) is 11.6 Å². The summed E-state index contributed by atoms with van der Waals surface area (Å²) >= 11 is -1.36. The largest absolute Gasteiger partial charge is 0.609 e. The molecule has 0 bridgehead atoms. The van der Waals surface area contributed by atoms with Crippen molar-refractivity contribution >= 4 is 22.1 Å². The van der Waals surface area contributed by atoms with Crippen LogP contribution in [0, 0.1) is 13.8 Å². The molecule has 2 aliphatic rings. The molecule has 24 heavy (non-hydrogen) atoms. The number of nitrogens with zero attached hydrogens (tertiary/aromatic N) is 3. The van der Waals surface area contributed by atoms with Crippen LogP contribution in [0.1, 0.15) is 23.2 Å². The van der Waals surface area contributed by atoms with Gasteiger partial charge in [0.15, 0.2) is 5.75 Å². The van der Waals surface area contributed by atoms with Crippen molar-refractivity contribution < 1.29 is 14.0 Å². The summed E-state index contributed by atoms with van der Waals surface area (Å²) in [6.45, 7) is 3.86. The highest BCUT2D eigenvalue weighted by molar-refractivity contribution is 8.05. The maximum atomic E-state index is 12.7. The van der Waals surface area contributed by atoms with Crippen LogP contribution < -0.4 is 4.74 Å². The van der Waals surface area contributed by atoms with Gasteiger partial charge in [0.05, 0.1) is 31.3 Å². The van der Waals surface area contributed by atoms with Crippen LogP contribution in [-0.2, 0) is 21.7 Å². The summed E-state index contributed by atoms with van der Waals surface area (Å²) < 4.78 is 23.3. The number of hydrogen-bond acceptors (Lipinski definition) is 6. The molecule has 6 nitrogen and oxygen atoms in total. The van der Waals surface area contributed by atoms with E-state index in [4.69, 9.17) is 9.47 Å². The van der Waals surface area contributed by atoms with Gasteiger partial charge in [-0.3, -0.25) is 4.98 Å². The monoisotopic (exact) mass is 345 g/mol. The Morgan fingerprint density at radius 2 is 2.00 bits per heavy atom. The minimum absolute atomic E-state index is 0.260. The first-order valence-electron chi connectivity index (χ1n) is 7.53. The van der Waals surface area contributed by atoms with E-state index in [1.165, 1.54) is 0 Å². The molecule has 2 heterocycles. The van der Waals surface area contributed by atoms with E-state index < -0.39 is 11.2 Å². The third kappa shape index (κ3) is 3.09. The lowest BCUT2D eigenvalue weighted by molar-refractivity contribution is 0.305. The van der Waals surface area contributed by atoms with Crippen LogP contribution in [0.25, 0.3) is 0 Å². The van der Waals surface area contributed by atoms with Crippen LogP contribution in [0.5, 0.6) is 5.75 Å². The predicted molar refractivity (Wildman–Crippen MR) is 94.8 cm³/mol. The molecule has 0 saturated carbocycles. The molecule has 0 amide bonds. The van der Waals surface area contributed by atoms with Crippen molar-refractivity contribution in [1.29, 1.82) is 0 Å². The molecule has 1 aliphatic heterocycles. The van der Waals surface area contributed by atoms with Crippen molar-refractivity contribution in [1.82, 2.24) is 4.98 Å². The fraction of sp³-hybridized carbons (Fsp3) is 0.353. The number of pyridine rings is 1. The van der Waals surface area contributed by atoms with Crippen LogP contribution in [0.4, 0.5) is 0 Å². The molecule has 1 unspecified atom stereocenters. The Morgan fingerprint density at radius 3 is 2.71 bits per heavy atom. The number of aliphatic imine (C=N–C) groups is 2. The van der Waals surface area contributed by atoms with Gasteiger partial charge >= 0.3 is 5.17 Å². The van der Waals surface area contributed by atoms with E-state index in [2.05, 4.69) is 15.0 Å². The Balaban J connectivity index is 1.80. The molecule has 0 N–H and O–H groups in total. The standard InChI is InChI=1S/C17H19N3O3S/c1-10-8-18-15(11(2)16(10)23-4)9-24(21)17-19-13-6-5-12(22-3)7-14(13)20-17/h5,7-8H,6,9H2,1-4H3. The Bertz CT molecular complexity index is 797. The molecule has 1 aromatic rings. The van der Waals surface area contributed by atoms with Gasteiger partial charge in [0.2, 0.25) is 0 Å². The molecular weight excluding hydrogens is 326 g/mol. The summed E-state index contributed by atoms with van der Waals surface area (Å²) in [5.41, 5.74) is 4.14. The van der Waals surface area contributed by atoms with Crippen molar-refractivity contribution in [2.75, 3.05) is 14.2 Å². The number of ether oxygens (including phenoxy) is 2. The Morgan fingerprint density at radius 1 is 1.21 bits per heavy atom. The van der Waals surface area contributed by atoms with Crippen LogP contribution in [-0.4, -0.2) is 34.6 Å². The summed E-state index contributed by atoms with van der Waals surface area (Å²) in [5, 5.41) is 0.336. The number of fused-ring (bicyclic) bond motifs is 1. The van der Waals surface area contributed by atoms with E-state index in [9.17, 15) is 4.55 Å². The van der Waals surface area contributed by atoms with E-state index in [-0.39, 0.29) is 5.75 Å². The Hall–Kier alpha value is -2.12. The number of methoxy groups -OCH3 is 2. The highest BCUT2D eigenvalue weighted by atomic mass is 32.2. The van der Waals surface area contributed by atoms with E-state index in [0.717, 1.165) is 39.7 Å². The molecular formula is C17H19N3O3S. The Kier molecular flexibility index (Phi) is 4.73. The van der Waals surface area contributed by atoms with E-state index in [1.807, 2.05) is 26.0 Å². The van der Waals surface area contributed by atoms with Crippen molar-refractivity contribution in [3.8, 4) is 5.75 Å². The minimum Gasteiger partial charge on any atom is -0.609 e. The number of allylic oxidation sites excluding steroid dienone is 3. The first kappa shape index (κ1) is 16.7. The molecule has 7 heteroatoms. The van der Waals surface area contributed by atoms with Crippen molar-refractivity contribution in [3.63, 3.8) is 0 Å². The lowest BCUT2D eigenvalue weighted by atomic mass is 10.1. The highest BCUT2D eigenvalue weighted by Gasteiger charge is 2.28. The zero-order valence-electron chi connectivity index (χ0n) is 14.1. The summed E-state index contributed by atoms with van der Waals surface area (Å²) in [5.74, 6) is 1.79. The van der Waals surface area contributed by atoms with Crippen LogP contribution in [0.2, 0.25) is 0 Å². The number of hydrogen-bond donors (Lipinski definition) is 0. The van der Waals surface area contributed by atoms with E-state index >= 15 is 0 Å². The Labute approximate surface area is 144 Å². The molecule has 1 atom stereocenters. The molecule has 3 rings (SSSR count).